The first-order valence-electron chi connectivity index (χ1n) is 5.18. The molecular formula is C13H18NO. The summed E-state index contributed by atoms with van der Waals surface area (Å²) >= 11 is 0. The van der Waals surface area contributed by atoms with Gasteiger partial charge in [0, 0.05) is 0 Å². The number of rotatable bonds is 4. The van der Waals surface area contributed by atoms with Crippen LogP contribution in [0.3, 0.4) is 0 Å². The van der Waals surface area contributed by atoms with Gasteiger partial charge in [0.05, 0.1) is 0 Å². The molecule has 1 rings (SSSR count). The highest BCUT2D eigenvalue weighted by Gasteiger charge is 2.38. The Morgan fingerprint density at radius 1 is 1.20 bits per heavy atom. The zero-order chi connectivity index (χ0) is 11.5. The predicted molar refractivity (Wildman–Crippen MR) is 62.3 cm³/mol. The highest BCUT2D eigenvalue weighted by atomic mass is 16.1. The lowest BCUT2D eigenvalue weighted by molar-refractivity contribution is 0.164. The first kappa shape index (κ1) is 11.9. The van der Waals surface area contributed by atoms with Crippen molar-refractivity contribution in [1.82, 2.24) is 4.90 Å². The molecule has 0 saturated carbocycles. The Bertz CT molecular complexity index is 309. The number of benzene rings is 1. The number of nitrogens with zero attached hydrogens (tertiary/aromatic N) is 1. The molecule has 2 heteroatoms. The molecule has 0 aliphatic heterocycles. The van der Waals surface area contributed by atoms with Gasteiger partial charge in [-0.15, -0.1) is 0 Å². The molecule has 15 heavy (non-hydrogen) atoms. The van der Waals surface area contributed by atoms with Crippen molar-refractivity contribution in [3.8, 4) is 0 Å². The molecule has 0 bridgehead atoms. The maximum atomic E-state index is 11.3. The Morgan fingerprint density at radius 2 is 1.73 bits per heavy atom. The van der Waals surface area contributed by atoms with Crippen LogP contribution in [0.1, 0.15) is 19.4 Å². The second-order valence-corrected chi connectivity index (χ2v) is 4.28. The van der Waals surface area contributed by atoms with Crippen LogP contribution < -0.4 is 0 Å². The van der Waals surface area contributed by atoms with Crippen LogP contribution >= 0.6 is 0 Å². The number of hydrogen-bond donors (Lipinski definition) is 0. The van der Waals surface area contributed by atoms with E-state index in [1.807, 2.05) is 63.2 Å². The van der Waals surface area contributed by atoms with E-state index in [1.54, 1.807) is 0 Å². The Labute approximate surface area is 91.9 Å². The van der Waals surface area contributed by atoms with E-state index in [4.69, 9.17) is 0 Å². The molecule has 0 fully saturated rings. The normalized spacial score (nSPS) is 15.3. The molecule has 0 saturated heterocycles. The molecule has 81 valence electrons. The van der Waals surface area contributed by atoms with E-state index in [0.29, 0.717) is 0 Å². The lowest BCUT2D eigenvalue weighted by Crippen LogP contribution is -2.47. The monoisotopic (exact) mass is 204 g/mol. The van der Waals surface area contributed by atoms with Gasteiger partial charge in [0.1, 0.15) is 5.54 Å². The van der Waals surface area contributed by atoms with Gasteiger partial charge in [-0.25, -0.2) is 0 Å². The van der Waals surface area contributed by atoms with E-state index in [0.717, 1.165) is 5.56 Å². The van der Waals surface area contributed by atoms with Crippen molar-refractivity contribution in [3.63, 3.8) is 0 Å². The molecule has 0 aliphatic carbocycles. The highest BCUT2D eigenvalue weighted by molar-refractivity contribution is 5.69. The SMILES string of the molecule is CC(C)[C@@]([C]=O)(c1ccccc1)N(C)C. The van der Waals surface area contributed by atoms with Gasteiger partial charge in [-0.3, -0.25) is 9.69 Å². The Hall–Kier alpha value is -1.15. The topological polar surface area (TPSA) is 20.3 Å². The fourth-order valence-electron chi connectivity index (χ4n) is 2.07. The van der Waals surface area contributed by atoms with Crippen molar-refractivity contribution in [1.29, 1.82) is 0 Å². The number of hydrogen-bond acceptors (Lipinski definition) is 2. The van der Waals surface area contributed by atoms with Crippen LogP contribution in [0.5, 0.6) is 0 Å². The fourth-order valence-corrected chi connectivity index (χ4v) is 2.07. The summed E-state index contributed by atoms with van der Waals surface area (Å²) in [7, 11) is 3.83. The summed E-state index contributed by atoms with van der Waals surface area (Å²) < 4.78 is 0. The van der Waals surface area contributed by atoms with Crippen LogP contribution in [0.4, 0.5) is 0 Å². The van der Waals surface area contributed by atoms with Gasteiger partial charge in [-0.2, -0.15) is 0 Å². The Kier molecular flexibility index (Phi) is 3.64. The molecule has 0 spiro atoms. The summed E-state index contributed by atoms with van der Waals surface area (Å²) in [6, 6.07) is 9.81. The fraction of sp³-hybridized carbons (Fsp3) is 0.462. The Morgan fingerprint density at radius 3 is 2.07 bits per heavy atom. The number of likely N-dealkylation sites (N-methyl/N-ethyl adjacent to an activating group) is 1. The summed E-state index contributed by atoms with van der Waals surface area (Å²) in [5, 5.41) is 0. The molecule has 2 nitrogen and oxygen atoms in total. The summed E-state index contributed by atoms with van der Waals surface area (Å²) in [6.07, 6.45) is 2.21. The van der Waals surface area contributed by atoms with Crippen molar-refractivity contribution in [3.05, 3.63) is 35.9 Å². The molecule has 1 radical (unpaired) electrons. The molecule has 0 amide bonds. The van der Waals surface area contributed by atoms with E-state index in [1.165, 1.54) is 0 Å². The molecule has 0 N–H and O–H groups in total. The molecule has 0 heterocycles. The third kappa shape index (κ3) is 1.95. The van der Waals surface area contributed by atoms with Gasteiger partial charge >= 0.3 is 0 Å². The lowest BCUT2D eigenvalue weighted by Gasteiger charge is -2.38. The highest BCUT2D eigenvalue weighted by Crippen LogP contribution is 2.32. The molecule has 1 aromatic rings. The van der Waals surface area contributed by atoms with Crippen LogP contribution in [-0.4, -0.2) is 25.3 Å². The van der Waals surface area contributed by atoms with Crippen LogP contribution in [0.2, 0.25) is 0 Å². The molecule has 0 aliphatic rings. The molecular weight excluding hydrogens is 186 g/mol. The Balaban J connectivity index is 3.28. The maximum absolute atomic E-state index is 11.3. The van der Waals surface area contributed by atoms with Crippen LogP contribution in [0.25, 0.3) is 0 Å². The first-order valence-corrected chi connectivity index (χ1v) is 5.18. The predicted octanol–water partition coefficient (Wildman–Crippen LogP) is 2.21. The quantitative estimate of drug-likeness (QED) is 0.749. The van der Waals surface area contributed by atoms with Gasteiger partial charge in [0.2, 0.25) is 6.29 Å². The zero-order valence-electron chi connectivity index (χ0n) is 9.82. The maximum Gasteiger partial charge on any atom is 0.225 e. The largest absolute Gasteiger partial charge is 0.293 e. The van der Waals surface area contributed by atoms with Crippen LogP contribution in [-0.2, 0) is 10.3 Å². The van der Waals surface area contributed by atoms with Gasteiger partial charge in [0.15, 0.2) is 0 Å². The van der Waals surface area contributed by atoms with Gasteiger partial charge < -0.3 is 0 Å². The van der Waals surface area contributed by atoms with Crippen LogP contribution in [0.15, 0.2) is 30.3 Å². The van der Waals surface area contributed by atoms with E-state index >= 15 is 0 Å². The van der Waals surface area contributed by atoms with E-state index in [9.17, 15) is 4.79 Å². The summed E-state index contributed by atoms with van der Waals surface area (Å²) in [6.45, 7) is 4.08. The molecule has 0 unspecified atom stereocenters. The van der Waals surface area contributed by atoms with Crippen molar-refractivity contribution in [2.75, 3.05) is 14.1 Å². The zero-order valence-corrected chi connectivity index (χ0v) is 9.82. The van der Waals surface area contributed by atoms with Crippen molar-refractivity contribution >= 4 is 6.29 Å². The summed E-state index contributed by atoms with van der Waals surface area (Å²) in [4.78, 5) is 13.3. The smallest absolute Gasteiger partial charge is 0.225 e. The van der Waals surface area contributed by atoms with E-state index < -0.39 is 5.54 Å². The van der Waals surface area contributed by atoms with Crippen molar-refractivity contribution in [2.45, 2.75) is 19.4 Å². The minimum absolute atomic E-state index is 0.187. The van der Waals surface area contributed by atoms with Crippen molar-refractivity contribution in [2.24, 2.45) is 5.92 Å². The van der Waals surface area contributed by atoms with E-state index in [2.05, 4.69) is 6.29 Å². The third-order valence-electron chi connectivity index (χ3n) is 2.91. The average molecular weight is 204 g/mol. The molecule has 0 aromatic heterocycles. The molecule has 1 atom stereocenters. The minimum atomic E-state index is -0.638. The third-order valence-corrected chi connectivity index (χ3v) is 2.91. The standard InChI is InChI=1S/C13H18NO/c1-11(2)13(10-15,14(3)4)12-8-6-5-7-9-12/h5-9,11H,1-4H3/t13-/m0/s1. The first-order chi connectivity index (χ1) is 7.05. The van der Waals surface area contributed by atoms with Crippen LogP contribution in [0, 0.1) is 5.92 Å². The van der Waals surface area contributed by atoms with Gasteiger partial charge in [-0.05, 0) is 25.6 Å². The second-order valence-electron chi connectivity index (χ2n) is 4.28. The number of carbonyl (C=O) groups excluding carboxylic acids is 1. The molecule has 1 aromatic carbocycles. The summed E-state index contributed by atoms with van der Waals surface area (Å²) in [5.41, 5.74) is 0.362. The van der Waals surface area contributed by atoms with Crippen molar-refractivity contribution < 1.29 is 4.79 Å². The average Bonchev–Trinajstić information content (AvgIpc) is 2.20. The summed E-state index contributed by atoms with van der Waals surface area (Å²) in [5.74, 6) is 0.187. The van der Waals surface area contributed by atoms with Gasteiger partial charge in [0.25, 0.3) is 0 Å². The second kappa shape index (κ2) is 4.58. The minimum Gasteiger partial charge on any atom is -0.293 e. The van der Waals surface area contributed by atoms with Gasteiger partial charge in [-0.1, -0.05) is 44.2 Å². The van der Waals surface area contributed by atoms with E-state index in [-0.39, 0.29) is 5.92 Å². The lowest BCUT2D eigenvalue weighted by atomic mass is 9.80.